The molecular weight excluding hydrogens is 328 g/mol. The number of piperidine rings is 1. The fourth-order valence-corrected chi connectivity index (χ4v) is 3.26. The minimum Gasteiger partial charge on any atom is -0.445 e. The number of carbonyl (C=O) groups is 1. The molecule has 0 saturated carbocycles. The third kappa shape index (κ3) is 4.22. The molecule has 3 rings (SSSR count). The average Bonchev–Trinajstić information content (AvgIpc) is 2.72. The molecule has 0 N–H and O–H groups in total. The van der Waals surface area contributed by atoms with Crippen LogP contribution in [0.25, 0.3) is 0 Å². The van der Waals surface area contributed by atoms with Crippen molar-refractivity contribution in [1.82, 2.24) is 4.90 Å². The smallest absolute Gasteiger partial charge is 0.410 e. The molecule has 0 unspecified atom stereocenters. The Balaban J connectivity index is 1.74. The first kappa shape index (κ1) is 18.0. The molecule has 1 fully saturated rings. The van der Waals surface area contributed by atoms with Crippen LogP contribution < -0.4 is 0 Å². The topological polar surface area (TPSA) is 62.6 Å². The maximum atomic E-state index is 12.7. The summed E-state index contributed by atoms with van der Waals surface area (Å²) in [5, 5.41) is 8.97. The van der Waals surface area contributed by atoms with E-state index in [1.165, 1.54) is 0 Å². The van der Waals surface area contributed by atoms with Gasteiger partial charge in [0.05, 0.1) is 30.3 Å². The SMILES string of the molecule is CO[C@@H]1CC[C@H](c2ccc(C#N)cc2)N(C(=O)OCc2ccccc2)C1. The van der Waals surface area contributed by atoms with Gasteiger partial charge in [-0.15, -0.1) is 0 Å². The van der Waals surface area contributed by atoms with E-state index < -0.39 is 0 Å². The van der Waals surface area contributed by atoms with Gasteiger partial charge in [-0.1, -0.05) is 42.5 Å². The first-order valence-electron chi connectivity index (χ1n) is 8.71. The number of nitrogens with zero attached hydrogens (tertiary/aromatic N) is 2. The van der Waals surface area contributed by atoms with Crippen molar-refractivity contribution in [2.24, 2.45) is 0 Å². The second-order valence-corrected chi connectivity index (χ2v) is 6.38. The normalized spacial score (nSPS) is 19.6. The van der Waals surface area contributed by atoms with Gasteiger partial charge in [-0.05, 0) is 36.1 Å². The number of likely N-dealkylation sites (tertiary alicyclic amines) is 1. The van der Waals surface area contributed by atoms with Crippen LogP contribution >= 0.6 is 0 Å². The van der Waals surface area contributed by atoms with Crippen LogP contribution in [0.4, 0.5) is 4.79 Å². The first-order chi connectivity index (χ1) is 12.7. The Bertz CT molecular complexity index is 768. The number of hydrogen-bond acceptors (Lipinski definition) is 4. The van der Waals surface area contributed by atoms with Gasteiger partial charge in [-0.3, -0.25) is 4.90 Å². The summed E-state index contributed by atoms with van der Waals surface area (Å²) in [7, 11) is 1.67. The Kier molecular flexibility index (Phi) is 5.88. The van der Waals surface area contributed by atoms with Crippen LogP contribution in [-0.2, 0) is 16.1 Å². The van der Waals surface area contributed by atoms with Gasteiger partial charge in [0.1, 0.15) is 6.61 Å². The molecule has 0 aliphatic carbocycles. The van der Waals surface area contributed by atoms with E-state index >= 15 is 0 Å². The molecule has 0 bridgehead atoms. The van der Waals surface area contributed by atoms with Crippen LogP contribution in [-0.4, -0.2) is 30.8 Å². The van der Waals surface area contributed by atoms with Crippen molar-refractivity contribution in [2.75, 3.05) is 13.7 Å². The molecule has 1 aliphatic heterocycles. The molecule has 0 radical (unpaired) electrons. The lowest BCUT2D eigenvalue weighted by atomic mass is 9.93. The number of amides is 1. The molecule has 5 heteroatoms. The van der Waals surface area contributed by atoms with Crippen molar-refractivity contribution in [3.05, 3.63) is 71.3 Å². The zero-order valence-electron chi connectivity index (χ0n) is 14.8. The van der Waals surface area contributed by atoms with Crippen molar-refractivity contribution in [3.8, 4) is 6.07 Å². The molecule has 5 nitrogen and oxygen atoms in total. The van der Waals surface area contributed by atoms with E-state index in [-0.39, 0.29) is 24.8 Å². The lowest BCUT2D eigenvalue weighted by Gasteiger charge is -2.38. The van der Waals surface area contributed by atoms with E-state index in [9.17, 15) is 4.79 Å². The van der Waals surface area contributed by atoms with Crippen LogP contribution in [0.5, 0.6) is 0 Å². The Morgan fingerprint density at radius 2 is 1.88 bits per heavy atom. The van der Waals surface area contributed by atoms with Gasteiger partial charge in [0.25, 0.3) is 0 Å². The van der Waals surface area contributed by atoms with E-state index in [0.717, 1.165) is 24.0 Å². The highest BCUT2D eigenvalue weighted by molar-refractivity contribution is 5.68. The van der Waals surface area contributed by atoms with Crippen molar-refractivity contribution < 1.29 is 14.3 Å². The zero-order chi connectivity index (χ0) is 18.4. The number of methoxy groups -OCH3 is 1. The fourth-order valence-electron chi connectivity index (χ4n) is 3.26. The summed E-state index contributed by atoms with van der Waals surface area (Å²) in [5.41, 5.74) is 2.57. The molecule has 2 aromatic carbocycles. The molecule has 0 aromatic heterocycles. The molecule has 26 heavy (non-hydrogen) atoms. The van der Waals surface area contributed by atoms with E-state index in [4.69, 9.17) is 14.7 Å². The fraction of sp³-hybridized carbons (Fsp3) is 0.333. The van der Waals surface area contributed by atoms with Gasteiger partial charge in [-0.2, -0.15) is 5.26 Å². The highest BCUT2D eigenvalue weighted by Gasteiger charge is 2.33. The monoisotopic (exact) mass is 350 g/mol. The van der Waals surface area contributed by atoms with Crippen LogP contribution in [0.15, 0.2) is 54.6 Å². The summed E-state index contributed by atoms with van der Waals surface area (Å²) in [4.78, 5) is 14.5. The molecule has 1 saturated heterocycles. The minimum absolute atomic E-state index is 0.00825. The van der Waals surface area contributed by atoms with Crippen LogP contribution in [0.2, 0.25) is 0 Å². The number of benzene rings is 2. The van der Waals surface area contributed by atoms with Crippen molar-refractivity contribution in [2.45, 2.75) is 31.6 Å². The highest BCUT2D eigenvalue weighted by Crippen LogP contribution is 2.32. The summed E-state index contributed by atoms with van der Waals surface area (Å²) < 4.78 is 11.0. The lowest BCUT2D eigenvalue weighted by Crippen LogP contribution is -2.45. The third-order valence-electron chi connectivity index (χ3n) is 4.74. The van der Waals surface area contributed by atoms with Gasteiger partial charge >= 0.3 is 6.09 Å². The average molecular weight is 350 g/mol. The molecule has 2 atom stereocenters. The Hall–Kier alpha value is -2.84. The number of nitriles is 1. The Morgan fingerprint density at radius 3 is 2.54 bits per heavy atom. The van der Waals surface area contributed by atoms with Gasteiger partial charge in [0, 0.05) is 7.11 Å². The predicted octanol–water partition coefficient (Wildman–Crippen LogP) is 4.05. The van der Waals surface area contributed by atoms with Crippen LogP contribution in [0.3, 0.4) is 0 Å². The zero-order valence-corrected chi connectivity index (χ0v) is 14.8. The number of carbonyl (C=O) groups excluding carboxylic acids is 1. The molecular formula is C21H22N2O3. The van der Waals surface area contributed by atoms with Crippen molar-refractivity contribution in [3.63, 3.8) is 0 Å². The summed E-state index contributed by atoms with van der Waals surface area (Å²) >= 11 is 0. The van der Waals surface area contributed by atoms with E-state index in [0.29, 0.717) is 12.1 Å². The van der Waals surface area contributed by atoms with Gasteiger partial charge < -0.3 is 9.47 Å². The maximum Gasteiger partial charge on any atom is 0.410 e. The van der Waals surface area contributed by atoms with Crippen molar-refractivity contribution in [1.29, 1.82) is 5.26 Å². The second-order valence-electron chi connectivity index (χ2n) is 6.38. The van der Waals surface area contributed by atoms with Gasteiger partial charge in [0.15, 0.2) is 0 Å². The van der Waals surface area contributed by atoms with Crippen molar-refractivity contribution >= 4 is 6.09 Å². The third-order valence-corrected chi connectivity index (χ3v) is 4.74. The summed E-state index contributed by atoms with van der Waals surface area (Å²) in [6.45, 7) is 0.739. The molecule has 1 amide bonds. The Labute approximate surface area is 153 Å². The quantitative estimate of drug-likeness (QED) is 0.835. The standard InChI is InChI=1S/C21H22N2O3/c1-25-19-11-12-20(18-9-7-16(13-22)8-10-18)23(14-19)21(24)26-15-17-5-3-2-4-6-17/h2-10,19-20H,11-12,14-15H2,1H3/t19-,20-/m1/s1. The minimum atomic E-state index is -0.343. The largest absolute Gasteiger partial charge is 0.445 e. The van der Waals surface area contributed by atoms with E-state index in [1.807, 2.05) is 42.5 Å². The second kappa shape index (κ2) is 8.50. The molecule has 2 aromatic rings. The lowest BCUT2D eigenvalue weighted by molar-refractivity contribution is -0.000640. The number of hydrogen-bond donors (Lipinski definition) is 0. The summed E-state index contributed by atoms with van der Waals surface area (Å²) in [5.74, 6) is 0. The van der Waals surface area contributed by atoms with Gasteiger partial charge in [-0.25, -0.2) is 4.79 Å². The first-order valence-corrected chi connectivity index (χ1v) is 8.71. The van der Waals surface area contributed by atoms with Gasteiger partial charge in [0.2, 0.25) is 0 Å². The Morgan fingerprint density at radius 1 is 1.15 bits per heavy atom. The van der Waals surface area contributed by atoms with E-state index in [1.54, 1.807) is 24.1 Å². The number of ether oxygens (including phenoxy) is 2. The summed E-state index contributed by atoms with van der Waals surface area (Å²) in [6.07, 6.45) is 1.34. The molecule has 1 heterocycles. The molecule has 1 aliphatic rings. The summed E-state index contributed by atoms with van der Waals surface area (Å²) in [6, 6.07) is 19.1. The van der Waals surface area contributed by atoms with Crippen LogP contribution in [0.1, 0.15) is 35.6 Å². The molecule has 134 valence electrons. The highest BCUT2D eigenvalue weighted by atomic mass is 16.6. The number of rotatable bonds is 4. The predicted molar refractivity (Wildman–Crippen MR) is 97.3 cm³/mol. The maximum absolute atomic E-state index is 12.7. The van der Waals surface area contributed by atoms with E-state index in [2.05, 4.69) is 6.07 Å². The molecule has 0 spiro atoms. The van der Waals surface area contributed by atoms with Crippen LogP contribution in [0, 0.1) is 11.3 Å².